The molecule has 0 aliphatic rings. The summed E-state index contributed by atoms with van der Waals surface area (Å²) in [5, 5.41) is 6.98. The highest BCUT2D eigenvalue weighted by molar-refractivity contribution is 7.24. The number of hydrogen-bond donors (Lipinski definition) is 0. The minimum atomic E-state index is 0.643. The molecule has 0 aliphatic carbocycles. The number of imidazole rings is 1. The summed E-state index contributed by atoms with van der Waals surface area (Å²) in [4.78, 5) is 15.1. The van der Waals surface area contributed by atoms with Crippen molar-refractivity contribution in [2.75, 3.05) is 0 Å². The minimum Gasteiger partial charge on any atom is -0.267 e. The van der Waals surface area contributed by atoms with Gasteiger partial charge in [-0.05, 0) is 44.3 Å². The molecule has 0 bridgehead atoms. The monoisotopic (exact) mass is 628 g/mol. The van der Waals surface area contributed by atoms with Crippen molar-refractivity contribution in [1.29, 1.82) is 0 Å². The van der Waals surface area contributed by atoms with Gasteiger partial charge in [0.1, 0.15) is 5.52 Å². The van der Waals surface area contributed by atoms with Gasteiger partial charge in [0.25, 0.3) is 0 Å². The molecule has 222 valence electrons. The van der Waals surface area contributed by atoms with E-state index in [-0.39, 0.29) is 0 Å². The Bertz CT molecular complexity index is 2890. The second-order valence-electron chi connectivity index (χ2n) is 12.0. The molecule has 0 spiro atoms. The molecule has 10 rings (SSSR count). The maximum Gasteiger partial charge on any atom is 0.197 e. The summed E-state index contributed by atoms with van der Waals surface area (Å²) in [6.45, 7) is 7.44. The van der Waals surface area contributed by atoms with Crippen LogP contribution in [0.2, 0.25) is 0 Å². The number of nitrogens with zero attached hydrogens (tertiary/aromatic N) is 4. The fourth-order valence-electron chi connectivity index (χ4n) is 7.37. The van der Waals surface area contributed by atoms with Crippen molar-refractivity contribution in [3.63, 3.8) is 0 Å². The maximum atomic E-state index is 7.44. The van der Waals surface area contributed by atoms with Crippen LogP contribution < -0.4 is 0 Å². The number of fused-ring (bicyclic) bond motifs is 9. The van der Waals surface area contributed by atoms with Crippen molar-refractivity contribution < 1.29 is 0 Å². The van der Waals surface area contributed by atoms with Crippen LogP contribution in [0.3, 0.4) is 0 Å². The first kappa shape index (κ1) is 26.8. The van der Waals surface area contributed by atoms with Gasteiger partial charge in [0.05, 0.1) is 22.5 Å². The molecule has 3 aromatic heterocycles. The molecular weight excluding hydrogens is 605 g/mol. The van der Waals surface area contributed by atoms with Crippen LogP contribution in [0.4, 0.5) is 5.69 Å². The van der Waals surface area contributed by atoms with Gasteiger partial charge in [-0.25, -0.2) is 14.8 Å². The van der Waals surface area contributed by atoms with Gasteiger partial charge in [0.15, 0.2) is 16.3 Å². The van der Waals surface area contributed by atoms with Crippen LogP contribution in [-0.4, -0.2) is 14.4 Å². The number of thiazole rings is 1. The van der Waals surface area contributed by atoms with Crippen LogP contribution >= 0.6 is 11.3 Å². The molecule has 48 heavy (non-hydrogen) atoms. The van der Waals surface area contributed by atoms with E-state index >= 15 is 0 Å². The van der Waals surface area contributed by atoms with E-state index in [2.05, 4.69) is 137 Å². The van der Waals surface area contributed by atoms with E-state index in [9.17, 15) is 0 Å². The Morgan fingerprint density at radius 2 is 1.12 bits per heavy atom. The first-order chi connectivity index (χ1) is 23.8. The van der Waals surface area contributed by atoms with Crippen LogP contribution in [0.25, 0.3) is 97.0 Å². The Morgan fingerprint density at radius 1 is 0.521 bits per heavy atom. The zero-order valence-corrected chi connectivity index (χ0v) is 26.4. The van der Waals surface area contributed by atoms with Crippen molar-refractivity contribution in [3.05, 3.63) is 157 Å². The molecule has 0 N–H and O–H groups in total. The fraction of sp³-hybridized carbons (Fsp3) is 0. The number of hydrogen-bond acceptors (Lipinski definition) is 3. The Morgan fingerprint density at radius 3 is 1.79 bits per heavy atom. The highest BCUT2D eigenvalue weighted by atomic mass is 32.1. The van der Waals surface area contributed by atoms with Gasteiger partial charge in [0.2, 0.25) is 0 Å². The largest absolute Gasteiger partial charge is 0.267 e. The van der Waals surface area contributed by atoms with E-state index in [0.717, 1.165) is 49.2 Å². The smallest absolute Gasteiger partial charge is 0.197 e. The Balaban J connectivity index is 1.29. The van der Waals surface area contributed by atoms with Gasteiger partial charge in [-0.2, -0.15) is 0 Å². The van der Waals surface area contributed by atoms with Crippen LogP contribution in [0, 0.1) is 6.57 Å². The van der Waals surface area contributed by atoms with Crippen LogP contribution in [-0.2, 0) is 0 Å². The molecule has 0 saturated heterocycles. The van der Waals surface area contributed by atoms with E-state index in [1.54, 1.807) is 11.3 Å². The van der Waals surface area contributed by atoms with E-state index in [0.29, 0.717) is 5.69 Å². The molecule has 5 heteroatoms. The molecule has 7 aromatic carbocycles. The second-order valence-corrected chi connectivity index (χ2v) is 13.0. The highest BCUT2D eigenvalue weighted by Gasteiger charge is 2.22. The third kappa shape index (κ3) is 3.81. The van der Waals surface area contributed by atoms with Crippen molar-refractivity contribution >= 4 is 75.7 Å². The summed E-state index contributed by atoms with van der Waals surface area (Å²) in [6, 6.07) is 50.9. The standard InChI is InChI=1S/C43H24N4S/c1-44-28-24-22-26(23-25-28)37-29-14-5-7-16-31(29)38(32-17-8-6-15-30(32)37)35-20-11-21-36-41(35)48-43-46-40-34-19-10-9-18-33(34)39(45-42(40)47(36)43)27-12-3-2-4-13-27/h2-25H. The normalized spacial score (nSPS) is 11.7. The summed E-state index contributed by atoms with van der Waals surface area (Å²) in [6.07, 6.45) is 0. The maximum absolute atomic E-state index is 7.44. The first-order valence-corrected chi connectivity index (χ1v) is 16.7. The molecule has 0 atom stereocenters. The average Bonchev–Trinajstić information content (AvgIpc) is 3.71. The predicted molar refractivity (Wildman–Crippen MR) is 201 cm³/mol. The van der Waals surface area contributed by atoms with Crippen molar-refractivity contribution in [3.8, 4) is 33.5 Å². The van der Waals surface area contributed by atoms with E-state index in [1.807, 2.05) is 18.2 Å². The molecule has 0 unspecified atom stereocenters. The lowest BCUT2D eigenvalue weighted by Crippen LogP contribution is -1.92. The summed E-state index contributed by atoms with van der Waals surface area (Å²) in [5.74, 6) is 0. The third-order valence-electron chi connectivity index (χ3n) is 9.44. The Hall–Kier alpha value is -6.35. The molecule has 10 aromatic rings. The molecule has 3 heterocycles. The third-order valence-corrected chi connectivity index (χ3v) is 10.5. The molecule has 0 fully saturated rings. The number of rotatable bonds is 3. The van der Waals surface area contributed by atoms with Crippen LogP contribution in [0.5, 0.6) is 0 Å². The summed E-state index contributed by atoms with van der Waals surface area (Å²) >= 11 is 1.72. The quantitative estimate of drug-likeness (QED) is 0.144. The van der Waals surface area contributed by atoms with E-state index in [1.165, 1.54) is 42.9 Å². The number of pyridine rings is 1. The zero-order valence-electron chi connectivity index (χ0n) is 25.6. The van der Waals surface area contributed by atoms with Gasteiger partial charge in [0, 0.05) is 21.9 Å². The summed E-state index contributed by atoms with van der Waals surface area (Å²) in [7, 11) is 0. The van der Waals surface area contributed by atoms with E-state index < -0.39 is 0 Å². The van der Waals surface area contributed by atoms with Crippen LogP contribution in [0.1, 0.15) is 0 Å². The minimum absolute atomic E-state index is 0.643. The van der Waals surface area contributed by atoms with Gasteiger partial charge < -0.3 is 0 Å². The van der Waals surface area contributed by atoms with Gasteiger partial charge in [-0.15, -0.1) is 0 Å². The van der Waals surface area contributed by atoms with Crippen LogP contribution in [0.15, 0.2) is 146 Å². The van der Waals surface area contributed by atoms with E-state index in [4.69, 9.17) is 16.5 Å². The van der Waals surface area contributed by atoms with Crippen molar-refractivity contribution in [2.45, 2.75) is 0 Å². The number of benzene rings is 7. The Kier molecular flexibility index (Phi) is 5.77. The van der Waals surface area contributed by atoms with Gasteiger partial charge in [-0.3, -0.25) is 4.40 Å². The number of aromatic nitrogens is 3. The molecule has 0 saturated carbocycles. The topological polar surface area (TPSA) is 34.5 Å². The summed E-state index contributed by atoms with van der Waals surface area (Å²) < 4.78 is 3.43. The van der Waals surface area contributed by atoms with Crippen molar-refractivity contribution in [1.82, 2.24) is 14.4 Å². The lowest BCUT2D eigenvalue weighted by Gasteiger charge is -2.18. The molecule has 0 amide bonds. The average molecular weight is 629 g/mol. The van der Waals surface area contributed by atoms with Gasteiger partial charge >= 0.3 is 0 Å². The fourth-order valence-corrected chi connectivity index (χ4v) is 8.51. The first-order valence-electron chi connectivity index (χ1n) is 15.9. The lowest BCUT2D eigenvalue weighted by molar-refractivity contribution is 1.27. The molecule has 4 nitrogen and oxygen atoms in total. The lowest BCUT2D eigenvalue weighted by atomic mass is 9.86. The molecule has 0 aliphatic heterocycles. The SMILES string of the molecule is [C-]#[N+]c1ccc(-c2c3ccccc3c(-c3cccc4c3sc3nc5c6ccccc6c(-c6ccccc6)nc5n34)c3ccccc23)cc1. The summed E-state index contributed by atoms with van der Waals surface area (Å²) in [5.41, 5.74) is 10.3. The highest BCUT2D eigenvalue weighted by Crippen LogP contribution is 2.47. The molecular formula is C43H24N4S. The second kappa shape index (κ2) is 10.3. The Labute approximate surface area is 279 Å². The van der Waals surface area contributed by atoms with Gasteiger partial charge in [-0.1, -0.05) is 151 Å². The zero-order chi connectivity index (χ0) is 31.8. The predicted octanol–water partition coefficient (Wildman–Crippen LogP) is 12.1. The molecule has 0 radical (unpaired) electrons. The van der Waals surface area contributed by atoms with Crippen molar-refractivity contribution in [2.24, 2.45) is 0 Å².